The first kappa shape index (κ1) is 9.35. The molecule has 0 aliphatic rings. The van der Waals surface area contributed by atoms with Crippen molar-refractivity contribution in [2.24, 2.45) is 0 Å². The largest absolute Gasteiger partial charge is 0.472 e. The van der Waals surface area contributed by atoms with E-state index in [2.05, 4.69) is 4.98 Å². The molecule has 0 N–H and O–H groups in total. The van der Waals surface area contributed by atoms with E-state index >= 15 is 0 Å². The minimum absolute atomic E-state index is 0.0273. The number of thiazole rings is 1. The summed E-state index contributed by atoms with van der Waals surface area (Å²) in [4.78, 5) is 17.0. The van der Waals surface area contributed by atoms with Gasteiger partial charge in [0.25, 0.3) is 0 Å². The summed E-state index contributed by atoms with van der Waals surface area (Å²) in [6.45, 7) is 0. The van der Waals surface area contributed by atoms with Crippen LogP contribution >= 0.6 is 11.3 Å². The van der Waals surface area contributed by atoms with Gasteiger partial charge in [0.05, 0.1) is 23.9 Å². The van der Waals surface area contributed by atoms with E-state index in [1.165, 1.54) is 12.5 Å². The lowest BCUT2D eigenvalue weighted by molar-refractivity contribution is 0.0991. The highest BCUT2D eigenvalue weighted by molar-refractivity contribution is 7.15. The Hall–Kier alpha value is -1.88. The van der Waals surface area contributed by atoms with Gasteiger partial charge >= 0.3 is 0 Å². The molecule has 0 aliphatic carbocycles. The van der Waals surface area contributed by atoms with Crippen molar-refractivity contribution < 1.29 is 9.21 Å². The third-order valence-electron chi connectivity index (χ3n) is 2.33. The molecular weight excluding hydrogens is 224 g/mol. The van der Waals surface area contributed by atoms with E-state index < -0.39 is 0 Å². The van der Waals surface area contributed by atoms with Gasteiger partial charge in [-0.15, -0.1) is 11.3 Å². The van der Waals surface area contributed by atoms with E-state index in [1.54, 1.807) is 17.4 Å². The van der Waals surface area contributed by atoms with Crippen LogP contribution in [0.5, 0.6) is 0 Å². The molecule has 0 aromatic carbocycles. The number of carbonyl (C=O) groups is 1. The zero-order valence-electron chi connectivity index (χ0n) is 8.29. The maximum atomic E-state index is 11.8. The fourth-order valence-corrected chi connectivity index (χ4v) is 2.27. The SMILES string of the molecule is O=C(Cc1cn2ccsc2n1)c1ccoc1. The number of hydrogen-bond donors (Lipinski definition) is 0. The lowest BCUT2D eigenvalue weighted by atomic mass is 10.1. The van der Waals surface area contributed by atoms with Gasteiger partial charge in [0.1, 0.15) is 6.26 Å². The smallest absolute Gasteiger partial charge is 0.193 e. The number of fused-ring (bicyclic) bond motifs is 1. The van der Waals surface area contributed by atoms with Crippen molar-refractivity contribution in [3.63, 3.8) is 0 Å². The number of carbonyl (C=O) groups excluding carboxylic acids is 1. The average molecular weight is 232 g/mol. The molecule has 16 heavy (non-hydrogen) atoms. The van der Waals surface area contributed by atoms with E-state index in [4.69, 9.17) is 4.42 Å². The van der Waals surface area contributed by atoms with Crippen molar-refractivity contribution in [3.8, 4) is 0 Å². The van der Waals surface area contributed by atoms with Crippen molar-refractivity contribution in [3.05, 3.63) is 47.6 Å². The molecule has 80 valence electrons. The molecule has 3 aromatic heterocycles. The van der Waals surface area contributed by atoms with Crippen molar-refractivity contribution in [1.82, 2.24) is 9.38 Å². The van der Waals surface area contributed by atoms with E-state index in [1.807, 2.05) is 22.2 Å². The molecule has 0 spiro atoms. The van der Waals surface area contributed by atoms with Crippen LogP contribution in [0.2, 0.25) is 0 Å². The molecule has 0 atom stereocenters. The van der Waals surface area contributed by atoms with Gasteiger partial charge in [-0.3, -0.25) is 9.20 Å². The molecule has 0 bridgehead atoms. The summed E-state index contributed by atoms with van der Waals surface area (Å²) in [7, 11) is 0. The van der Waals surface area contributed by atoms with Crippen LogP contribution < -0.4 is 0 Å². The first-order chi connectivity index (χ1) is 7.83. The molecule has 3 rings (SSSR count). The monoisotopic (exact) mass is 232 g/mol. The number of ketones is 1. The fraction of sp³-hybridized carbons (Fsp3) is 0.0909. The van der Waals surface area contributed by atoms with Gasteiger partial charge in [0.15, 0.2) is 10.7 Å². The van der Waals surface area contributed by atoms with Crippen molar-refractivity contribution in [1.29, 1.82) is 0 Å². The minimum Gasteiger partial charge on any atom is -0.472 e. The van der Waals surface area contributed by atoms with E-state index in [0.29, 0.717) is 12.0 Å². The predicted molar refractivity (Wildman–Crippen MR) is 59.8 cm³/mol. The number of hydrogen-bond acceptors (Lipinski definition) is 4. The first-order valence-corrected chi connectivity index (χ1v) is 5.67. The average Bonchev–Trinajstić information content (AvgIpc) is 2.91. The van der Waals surface area contributed by atoms with Gasteiger partial charge in [-0.25, -0.2) is 4.98 Å². The molecule has 0 fully saturated rings. The molecule has 4 nitrogen and oxygen atoms in total. The van der Waals surface area contributed by atoms with Gasteiger partial charge < -0.3 is 4.42 Å². The van der Waals surface area contributed by atoms with Crippen LogP contribution in [-0.2, 0) is 6.42 Å². The molecule has 0 saturated carbocycles. The van der Waals surface area contributed by atoms with Gasteiger partial charge in [-0.05, 0) is 6.07 Å². The van der Waals surface area contributed by atoms with Crippen LogP contribution in [0.15, 0.2) is 40.8 Å². The molecule has 5 heteroatoms. The second kappa shape index (κ2) is 3.61. The van der Waals surface area contributed by atoms with Crippen LogP contribution in [0.3, 0.4) is 0 Å². The summed E-state index contributed by atoms with van der Waals surface area (Å²) in [6, 6.07) is 1.67. The molecule has 0 amide bonds. The number of aromatic nitrogens is 2. The maximum absolute atomic E-state index is 11.8. The van der Waals surface area contributed by atoms with Crippen molar-refractivity contribution >= 4 is 22.1 Å². The van der Waals surface area contributed by atoms with E-state index in [0.717, 1.165) is 10.7 Å². The Balaban J connectivity index is 1.85. The third-order valence-corrected chi connectivity index (χ3v) is 3.10. The van der Waals surface area contributed by atoms with E-state index in [-0.39, 0.29) is 5.78 Å². The molecule has 3 heterocycles. The number of nitrogens with zero attached hydrogens (tertiary/aromatic N) is 2. The number of furan rings is 1. The Morgan fingerprint density at radius 3 is 3.25 bits per heavy atom. The number of rotatable bonds is 3. The Labute approximate surface area is 95.2 Å². The molecule has 0 unspecified atom stereocenters. The number of Topliss-reactive ketones (excluding diaryl/α,β-unsaturated/α-hetero) is 1. The van der Waals surface area contributed by atoms with Crippen LogP contribution in [0.25, 0.3) is 4.96 Å². The zero-order chi connectivity index (χ0) is 11.0. The van der Waals surface area contributed by atoms with Crippen LogP contribution in [0, 0.1) is 0 Å². The highest BCUT2D eigenvalue weighted by Gasteiger charge is 2.11. The minimum atomic E-state index is 0.0273. The Kier molecular flexibility index (Phi) is 2.11. The molecular formula is C11H8N2O2S. The quantitative estimate of drug-likeness (QED) is 0.651. The summed E-state index contributed by atoms with van der Waals surface area (Å²) in [5, 5.41) is 1.96. The van der Waals surface area contributed by atoms with Gasteiger partial charge in [0.2, 0.25) is 0 Å². The van der Waals surface area contributed by atoms with Gasteiger partial charge in [-0.2, -0.15) is 0 Å². The van der Waals surface area contributed by atoms with Crippen molar-refractivity contribution in [2.45, 2.75) is 6.42 Å². The molecule has 0 saturated heterocycles. The summed E-state index contributed by atoms with van der Waals surface area (Å²) < 4.78 is 6.79. The second-order valence-corrected chi connectivity index (χ2v) is 4.31. The van der Waals surface area contributed by atoms with E-state index in [9.17, 15) is 4.79 Å². The van der Waals surface area contributed by atoms with Crippen LogP contribution in [-0.4, -0.2) is 15.2 Å². The summed E-state index contributed by atoms with van der Waals surface area (Å²) in [5.74, 6) is 0.0273. The normalized spacial score (nSPS) is 11.0. The Morgan fingerprint density at radius 1 is 1.56 bits per heavy atom. The highest BCUT2D eigenvalue weighted by Crippen LogP contribution is 2.13. The maximum Gasteiger partial charge on any atom is 0.193 e. The van der Waals surface area contributed by atoms with Gasteiger partial charge in [-0.1, -0.05) is 0 Å². The summed E-state index contributed by atoms with van der Waals surface area (Å²) >= 11 is 1.55. The summed E-state index contributed by atoms with van der Waals surface area (Å²) in [6.07, 6.45) is 7.08. The van der Waals surface area contributed by atoms with Gasteiger partial charge in [0, 0.05) is 17.8 Å². The highest BCUT2D eigenvalue weighted by atomic mass is 32.1. The predicted octanol–water partition coefficient (Wildman–Crippen LogP) is 2.41. The first-order valence-electron chi connectivity index (χ1n) is 4.79. The van der Waals surface area contributed by atoms with Crippen LogP contribution in [0.1, 0.15) is 16.1 Å². The zero-order valence-corrected chi connectivity index (χ0v) is 9.11. The molecule has 3 aromatic rings. The Morgan fingerprint density at radius 2 is 2.50 bits per heavy atom. The third kappa shape index (κ3) is 1.55. The molecule has 0 radical (unpaired) electrons. The molecule has 0 aliphatic heterocycles. The standard InChI is InChI=1S/C11H8N2O2S/c14-10(8-1-3-15-7-8)5-9-6-13-2-4-16-11(13)12-9/h1-4,6-7H,5H2. The lowest BCUT2D eigenvalue weighted by Crippen LogP contribution is -2.02. The topological polar surface area (TPSA) is 47.5 Å². The van der Waals surface area contributed by atoms with Crippen molar-refractivity contribution in [2.75, 3.05) is 0 Å². The fourth-order valence-electron chi connectivity index (χ4n) is 1.55. The van der Waals surface area contributed by atoms with Crippen LogP contribution in [0.4, 0.5) is 0 Å². The lowest BCUT2D eigenvalue weighted by Gasteiger charge is -1.92. The second-order valence-electron chi connectivity index (χ2n) is 3.44. The number of imidazole rings is 1. The Bertz CT molecular complexity index is 593. The summed E-state index contributed by atoms with van der Waals surface area (Å²) in [5.41, 5.74) is 1.38.